The summed E-state index contributed by atoms with van der Waals surface area (Å²) < 4.78 is 5.18. The third-order valence-corrected chi connectivity index (χ3v) is 4.50. The molecule has 0 fully saturated rings. The van der Waals surface area contributed by atoms with Gasteiger partial charge in [0.15, 0.2) is 0 Å². The van der Waals surface area contributed by atoms with Crippen LogP contribution in [0.15, 0.2) is 54.7 Å². The quantitative estimate of drug-likeness (QED) is 0.643. The van der Waals surface area contributed by atoms with E-state index < -0.39 is 5.97 Å². The van der Waals surface area contributed by atoms with Crippen molar-refractivity contribution in [3.8, 4) is 17.0 Å². The van der Waals surface area contributed by atoms with Gasteiger partial charge in [-0.15, -0.1) is 0 Å². The van der Waals surface area contributed by atoms with Gasteiger partial charge in [0.1, 0.15) is 0 Å². The van der Waals surface area contributed by atoms with Crippen LogP contribution in [0.2, 0.25) is 0 Å². The van der Waals surface area contributed by atoms with Gasteiger partial charge in [-0.05, 0) is 47.0 Å². The van der Waals surface area contributed by atoms with E-state index in [1.165, 1.54) is 0 Å². The summed E-state index contributed by atoms with van der Waals surface area (Å²) in [5.41, 5.74) is 4.85. The van der Waals surface area contributed by atoms with Gasteiger partial charge in [0, 0.05) is 12.3 Å². The number of nitrogens with zero attached hydrogens (tertiary/aromatic N) is 1. The number of anilines is 3. The first-order chi connectivity index (χ1) is 13.5. The van der Waals surface area contributed by atoms with E-state index >= 15 is 0 Å². The Morgan fingerprint density at radius 1 is 1.00 bits per heavy atom. The number of nitrogens with one attached hydrogen (secondary N) is 2. The Hall–Kier alpha value is -3.87. The highest BCUT2D eigenvalue weighted by molar-refractivity contribution is 6.12. The number of carboxylic acid groups (broad SMARTS) is 1. The number of fused-ring (bicyclic) bond motifs is 2. The Balaban J connectivity index is 1.73. The SMILES string of the molecule is COc1cc(-c2ccc3c(c2)Nc2ccc(CC(=O)O)cc2NC3=O)ccn1. The number of benzene rings is 2. The van der Waals surface area contributed by atoms with Crippen LogP contribution in [0.3, 0.4) is 0 Å². The van der Waals surface area contributed by atoms with Gasteiger partial charge in [-0.1, -0.05) is 12.1 Å². The standard InChI is InChI=1S/C21H17N3O4/c1-28-19-11-14(6-7-22-19)13-3-4-15-17(10-13)23-16-5-2-12(9-20(25)26)8-18(16)24-21(15)27/h2-8,10-11,23H,9H2,1H3,(H,24,27)(H,25,26). The summed E-state index contributed by atoms with van der Waals surface area (Å²) in [7, 11) is 1.56. The van der Waals surface area contributed by atoms with Crippen LogP contribution >= 0.6 is 0 Å². The Morgan fingerprint density at radius 3 is 2.61 bits per heavy atom. The van der Waals surface area contributed by atoms with Crippen LogP contribution in [-0.4, -0.2) is 29.1 Å². The summed E-state index contributed by atoms with van der Waals surface area (Å²) in [5, 5.41) is 15.1. The Morgan fingerprint density at radius 2 is 1.82 bits per heavy atom. The molecule has 1 aromatic heterocycles. The molecule has 0 saturated carbocycles. The van der Waals surface area contributed by atoms with Gasteiger partial charge in [0.2, 0.25) is 5.88 Å². The molecule has 7 nitrogen and oxygen atoms in total. The molecule has 28 heavy (non-hydrogen) atoms. The number of aliphatic carboxylic acids is 1. The number of carbonyl (C=O) groups is 2. The molecular formula is C21H17N3O4. The van der Waals surface area contributed by atoms with Crippen LogP contribution in [0.25, 0.3) is 11.1 Å². The topological polar surface area (TPSA) is 101 Å². The largest absolute Gasteiger partial charge is 0.481 e. The van der Waals surface area contributed by atoms with Crippen LogP contribution in [0.5, 0.6) is 5.88 Å². The highest BCUT2D eigenvalue weighted by Gasteiger charge is 2.20. The molecule has 0 radical (unpaired) electrons. The van der Waals surface area contributed by atoms with Crippen LogP contribution in [-0.2, 0) is 11.2 Å². The summed E-state index contributed by atoms with van der Waals surface area (Å²) in [4.78, 5) is 27.7. The van der Waals surface area contributed by atoms with Crippen molar-refractivity contribution in [2.75, 3.05) is 17.7 Å². The number of ether oxygens (including phenoxy) is 1. The van der Waals surface area contributed by atoms with Gasteiger partial charge >= 0.3 is 5.97 Å². The van der Waals surface area contributed by atoms with E-state index in [-0.39, 0.29) is 12.3 Å². The predicted octanol–water partition coefficient (Wildman–Crippen LogP) is 3.69. The van der Waals surface area contributed by atoms with Crippen molar-refractivity contribution in [2.24, 2.45) is 0 Å². The Kier molecular flexibility index (Phi) is 4.41. The fourth-order valence-electron chi connectivity index (χ4n) is 3.15. The Labute approximate surface area is 161 Å². The molecule has 4 rings (SSSR count). The number of hydrogen-bond donors (Lipinski definition) is 3. The first-order valence-corrected chi connectivity index (χ1v) is 8.61. The highest BCUT2D eigenvalue weighted by atomic mass is 16.5. The molecule has 1 amide bonds. The van der Waals surface area contributed by atoms with Crippen molar-refractivity contribution in [3.05, 3.63) is 65.9 Å². The lowest BCUT2D eigenvalue weighted by atomic mass is 10.0. The predicted molar refractivity (Wildman–Crippen MR) is 105 cm³/mol. The van der Waals surface area contributed by atoms with Gasteiger partial charge in [0.25, 0.3) is 5.91 Å². The number of hydrogen-bond acceptors (Lipinski definition) is 5. The zero-order chi connectivity index (χ0) is 19.7. The monoisotopic (exact) mass is 375 g/mol. The Bertz CT molecular complexity index is 1090. The smallest absolute Gasteiger partial charge is 0.307 e. The lowest BCUT2D eigenvalue weighted by Crippen LogP contribution is -2.11. The molecule has 0 atom stereocenters. The van der Waals surface area contributed by atoms with Gasteiger partial charge in [-0.3, -0.25) is 9.59 Å². The van der Waals surface area contributed by atoms with Crippen LogP contribution in [0.4, 0.5) is 17.1 Å². The van der Waals surface area contributed by atoms with Crippen molar-refractivity contribution in [1.29, 1.82) is 0 Å². The fourth-order valence-corrected chi connectivity index (χ4v) is 3.15. The summed E-state index contributed by atoms with van der Waals surface area (Å²) in [6.07, 6.45) is 1.56. The minimum atomic E-state index is -0.923. The number of aromatic nitrogens is 1. The second-order valence-corrected chi connectivity index (χ2v) is 6.38. The van der Waals surface area contributed by atoms with E-state index in [9.17, 15) is 9.59 Å². The number of carbonyl (C=O) groups excluding carboxylic acids is 1. The second kappa shape index (κ2) is 7.03. The average Bonchev–Trinajstić information content (AvgIpc) is 2.82. The van der Waals surface area contributed by atoms with E-state index in [0.717, 1.165) is 11.1 Å². The highest BCUT2D eigenvalue weighted by Crippen LogP contribution is 2.35. The molecule has 3 N–H and O–H groups in total. The molecule has 7 heteroatoms. The summed E-state index contributed by atoms with van der Waals surface area (Å²) in [6, 6.07) is 14.4. The minimum Gasteiger partial charge on any atom is -0.481 e. The molecule has 0 saturated heterocycles. The van der Waals surface area contributed by atoms with Crippen molar-refractivity contribution in [2.45, 2.75) is 6.42 Å². The number of methoxy groups -OCH3 is 1. The number of carboxylic acids is 1. The molecule has 1 aliphatic heterocycles. The first kappa shape index (κ1) is 17.5. The lowest BCUT2D eigenvalue weighted by Gasteiger charge is -2.11. The number of pyridine rings is 1. The number of amides is 1. The van der Waals surface area contributed by atoms with Crippen molar-refractivity contribution >= 4 is 28.9 Å². The maximum Gasteiger partial charge on any atom is 0.307 e. The van der Waals surface area contributed by atoms with E-state index in [2.05, 4.69) is 15.6 Å². The molecule has 0 aliphatic carbocycles. The molecule has 0 spiro atoms. The van der Waals surface area contributed by atoms with E-state index in [1.807, 2.05) is 24.3 Å². The normalized spacial score (nSPS) is 12.1. The molecular weight excluding hydrogens is 358 g/mol. The molecule has 1 aliphatic rings. The van der Waals surface area contributed by atoms with Crippen molar-refractivity contribution < 1.29 is 19.4 Å². The second-order valence-electron chi connectivity index (χ2n) is 6.38. The molecule has 0 bridgehead atoms. The van der Waals surface area contributed by atoms with Crippen molar-refractivity contribution in [1.82, 2.24) is 4.98 Å². The van der Waals surface area contributed by atoms with Gasteiger partial charge in [-0.25, -0.2) is 4.98 Å². The average molecular weight is 375 g/mol. The van der Waals surface area contributed by atoms with Crippen LogP contribution in [0, 0.1) is 0 Å². The van der Waals surface area contributed by atoms with Crippen molar-refractivity contribution in [3.63, 3.8) is 0 Å². The summed E-state index contributed by atoms with van der Waals surface area (Å²) >= 11 is 0. The van der Waals surface area contributed by atoms with Crippen LogP contribution < -0.4 is 15.4 Å². The van der Waals surface area contributed by atoms with Gasteiger partial charge in [0.05, 0.1) is 36.2 Å². The third kappa shape index (κ3) is 3.37. The lowest BCUT2D eigenvalue weighted by molar-refractivity contribution is -0.136. The van der Waals surface area contributed by atoms with E-state index in [1.54, 1.807) is 37.6 Å². The van der Waals surface area contributed by atoms with Gasteiger partial charge in [-0.2, -0.15) is 0 Å². The molecule has 3 aromatic rings. The summed E-state index contributed by atoms with van der Waals surface area (Å²) in [5.74, 6) is -0.671. The molecule has 140 valence electrons. The number of rotatable bonds is 4. The maximum absolute atomic E-state index is 12.7. The molecule has 2 heterocycles. The van der Waals surface area contributed by atoms with Gasteiger partial charge < -0.3 is 20.5 Å². The third-order valence-electron chi connectivity index (χ3n) is 4.50. The fraction of sp³-hybridized carbons (Fsp3) is 0.0952. The molecule has 0 unspecified atom stereocenters. The zero-order valence-electron chi connectivity index (χ0n) is 15.0. The molecule has 2 aromatic carbocycles. The summed E-state index contributed by atoms with van der Waals surface area (Å²) in [6.45, 7) is 0. The maximum atomic E-state index is 12.7. The van der Waals surface area contributed by atoms with Crippen LogP contribution in [0.1, 0.15) is 15.9 Å². The van der Waals surface area contributed by atoms with E-state index in [0.29, 0.717) is 34.1 Å². The first-order valence-electron chi connectivity index (χ1n) is 8.61. The van der Waals surface area contributed by atoms with E-state index in [4.69, 9.17) is 9.84 Å². The minimum absolute atomic E-state index is 0.107. The zero-order valence-corrected chi connectivity index (χ0v) is 15.0.